The van der Waals surface area contributed by atoms with Crippen LogP contribution in [0.3, 0.4) is 0 Å². The minimum absolute atomic E-state index is 0.279. The lowest BCUT2D eigenvalue weighted by Gasteiger charge is -2.19. The van der Waals surface area contributed by atoms with Crippen molar-refractivity contribution in [1.29, 1.82) is 0 Å². The molecule has 0 saturated carbocycles. The molecule has 2 aromatic carbocycles. The molecule has 0 bridgehead atoms. The molecule has 1 aromatic heterocycles. The SMILES string of the molecule is Cc1nc(-c2ccc(OCCN(Cc3ccccc3)C(=O)O)cc2)co1. The molecule has 0 atom stereocenters. The van der Waals surface area contributed by atoms with Crippen LogP contribution in [0.15, 0.2) is 65.3 Å². The zero-order chi connectivity index (χ0) is 18.4. The Labute approximate surface area is 151 Å². The highest BCUT2D eigenvalue weighted by molar-refractivity contribution is 5.65. The first kappa shape index (κ1) is 17.5. The predicted molar refractivity (Wildman–Crippen MR) is 97.0 cm³/mol. The third-order valence-corrected chi connectivity index (χ3v) is 3.89. The van der Waals surface area contributed by atoms with E-state index in [4.69, 9.17) is 9.15 Å². The third-order valence-electron chi connectivity index (χ3n) is 3.89. The maximum atomic E-state index is 11.4. The van der Waals surface area contributed by atoms with Gasteiger partial charge in [0.15, 0.2) is 5.89 Å². The number of benzene rings is 2. The second-order valence-electron chi connectivity index (χ2n) is 5.81. The topological polar surface area (TPSA) is 75.8 Å². The summed E-state index contributed by atoms with van der Waals surface area (Å²) in [4.78, 5) is 17.0. The first-order chi connectivity index (χ1) is 12.6. The lowest BCUT2D eigenvalue weighted by Crippen LogP contribution is -2.32. The molecule has 1 heterocycles. The van der Waals surface area contributed by atoms with Gasteiger partial charge in [0.1, 0.15) is 24.3 Å². The van der Waals surface area contributed by atoms with Crippen LogP contribution in [0.25, 0.3) is 11.3 Å². The molecule has 1 N–H and O–H groups in total. The molecular formula is C20H20N2O4. The number of carbonyl (C=O) groups is 1. The van der Waals surface area contributed by atoms with Gasteiger partial charge < -0.3 is 19.2 Å². The van der Waals surface area contributed by atoms with E-state index in [0.29, 0.717) is 18.2 Å². The van der Waals surface area contributed by atoms with Crippen molar-refractivity contribution in [3.05, 3.63) is 72.3 Å². The first-order valence-corrected chi connectivity index (χ1v) is 8.29. The van der Waals surface area contributed by atoms with E-state index in [2.05, 4.69) is 4.98 Å². The van der Waals surface area contributed by atoms with Gasteiger partial charge in [-0.3, -0.25) is 0 Å². The molecular weight excluding hydrogens is 332 g/mol. The van der Waals surface area contributed by atoms with Crippen molar-refractivity contribution in [2.75, 3.05) is 13.2 Å². The molecule has 0 unspecified atom stereocenters. The molecule has 0 fully saturated rings. The maximum Gasteiger partial charge on any atom is 0.407 e. The van der Waals surface area contributed by atoms with E-state index in [1.807, 2.05) is 54.6 Å². The van der Waals surface area contributed by atoms with E-state index in [9.17, 15) is 9.90 Å². The lowest BCUT2D eigenvalue weighted by atomic mass is 10.2. The summed E-state index contributed by atoms with van der Waals surface area (Å²) < 4.78 is 10.9. The van der Waals surface area contributed by atoms with Crippen LogP contribution in [0, 0.1) is 6.92 Å². The average Bonchev–Trinajstić information content (AvgIpc) is 3.08. The number of ether oxygens (including phenoxy) is 1. The standard InChI is InChI=1S/C20H20N2O4/c1-15-21-19(14-26-15)17-7-9-18(10-8-17)25-12-11-22(20(23)24)13-16-5-3-2-4-6-16/h2-10,14H,11-13H2,1H3,(H,23,24). The van der Waals surface area contributed by atoms with Crippen LogP contribution >= 0.6 is 0 Å². The minimum Gasteiger partial charge on any atom is -0.492 e. The molecule has 0 aliphatic heterocycles. The first-order valence-electron chi connectivity index (χ1n) is 8.29. The Balaban J connectivity index is 1.53. The van der Waals surface area contributed by atoms with Crippen molar-refractivity contribution >= 4 is 6.09 Å². The average molecular weight is 352 g/mol. The van der Waals surface area contributed by atoms with Crippen LogP contribution in [-0.2, 0) is 6.54 Å². The van der Waals surface area contributed by atoms with Gasteiger partial charge in [0.05, 0.1) is 6.54 Å². The van der Waals surface area contributed by atoms with Crippen molar-refractivity contribution < 1.29 is 19.1 Å². The number of aryl methyl sites for hydroxylation is 1. The molecule has 0 saturated heterocycles. The maximum absolute atomic E-state index is 11.4. The fourth-order valence-electron chi connectivity index (χ4n) is 2.54. The van der Waals surface area contributed by atoms with Gasteiger partial charge >= 0.3 is 6.09 Å². The van der Waals surface area contributed by atoms with Gasteiger partial charge in [0, 0.05) is 19.0 Å². The largest absolute Gasteiger partial charge is 0.492 e. The van der Waals surface area contributed by atoms with E-state index in [1.165, 1.54) is 4.90 Å². The van der Waals surface area contributed by atoms with E-state index in [1.54, 1.807) is 13.2 Å². The number of hydrogen-bond donors (Lipinski definition) is 1. The van der Waals surface area contributed by atoms with Crippen LogP contribution < -0.4 is 4.74 Å². The second-order valence-corrected chi connectivity index (χ2v) is 5.81. The molecule has 0 spiro atoms. The number of amides is 1. The van der Waals surface area contributed by atoms with Gasteiger partial charge in [-0.25, -0.2) is 9.78 Å². The van der Waals surface area contributed by atoms with Crippen molar-refractivity contribution in [2.24, 2.45) is 0 Å². The number of oxazole rings is 1. The summed E-state index contributed by atoms with van der Waals surface area (Å²) in [5, 5.41) is 9.35. The molecule has 0 aliphatic carbocycles. The molecule has 26 heavy (non-hydrogen) atoms. The summed E-state index contributed by atoms with van der Waals surface area (Å²) in [5.74, 6) is 1.30. The monoisotopic (exact) mass is 352 g/mol. The van der Waals surface area contributed by atoms with Crippen LogP contribution in [0.1, 0.15) is 11.5 Å². The highest BCUT2D eigenvalue weighted by Crippen LogP contribution is 2.21. The second kappa shape index (κ2) is 8.20. The molecule has 0 aliphatic rings. The van der Waals surface area contributed by atoms with Crippen molar-refractivity contribution in [3.8, 4) is 17.0 Å². The third kappa shape index (κ3) is 4.63. The zero-order valence-corrected chi connectivity index (χ0v) is 14.5. The Morgan fingerprint density at radius 3 is 2.50 bits per heavy atom. The van der Waals surface area contributed by atoms with Gasteiger partial charge in [-0.15, -0.1) is 0 Å². The highest BCUT2D eigenvalue weighted by Gasteiger charge is 2.12. The fourth-order valence-corrected chi connectivity index (χ4v) is 2.54. The number of aromatic nitrogens is 1. The molecule has 134 valence electrons. The van der Waals surface area contributed by atoms with Crippen molar-refractivity contribution in [2.45, 2.75) is 13.5 Å². The van der Waals surface area contributed by atoms with Crippen LogP contribution in [0.2, 0.25) is 0 Å². The van der Waals surface area contributed by atoms with Gasteiger partial charge in [-0.2, -0.15) is 0 Å². The summed E-state index contributed by atoms with van der Waals surface area (Å²) in [5.41, 5.74) is 2.65. The Morgan fingerprint density at radius 2 is 1.88 bits per heavy atom. The van der Waals surface area contributed by atoms with Crippen molar-refractivity contribution in [1.82, 2.24) is 9.88 Å². The summed E-state index contributed by atoms with van der Waals surface area (Å²) in [6.07, 6.45) is 0.647. The van der Waals surface area contributed by atoms with Crippen LogP contribution in [0.4, 0.5) is 4.79 Å². The summed E-state index contributed by atoms with van der Waals surface area (Å²) in [7, 11) is 0. The molecule has 0 radical (unpaired) electrons. The Morgan fingerprint density at radius 1 is 1.15 bits per heavy atom. The van der Waals surface area contributed by atoms with Gasteiger partial charge in [0.2, 0.25) is 0 Å². The quantitative estimate of drug-likeness (QED) is 0.689. The molecule has 3 aromatic rings. The molecule has 3 rings (SSSR count). The summed E-state index contributed by atoms with van der Waals surface area (Å²) in [6, 6.07) is 17.0. The normalized spacial score (nSPS) is 10.5. The van der Waals surface area contributed by atoms with Crippen LogP contribution in [0.5, 0.6) is 5.75 Å². The summed E-state index contributed by atoms with van der Waals surface area (Å²) in [6.45, 7) is 2.70. The Kier molecular flexibility index (Phi) is 5.53. The smallest absolute Gasteiger partial charge is 0.407 e. The molecule has 6 heteroatoms. The molecule has 6 nitrogen and oxygen atoms in total. The number of carboxylic acid groups (broad SMARTS) is 1. The van der Waals surface area contributed by atoms with E-state index in [-0.39, 0.29) is 13.2 Å². The number of nitrogens with zero attached hydrogens (tertiary/aromatic N) is 2. The predicted octanol–water partition coefficient (Wildman–Crippen LogP) is 4.21. The lowest BCUT2D eigenvalue weighted by molar-refractivity contribution is 0.132. The number of hydrogen-bond acceptors (Lipinski definition) is 4. The Bertz CT molecular complexity index is 844. The number of rotatable bonds is 7. The van der Waals surface area contributed by atoms with E-state index in [0.717, 1.165) is 16.8 Å². The summed E-state index contributed by atoms with van der Waals surface area (Å²) >= 11 is 0. The highest BCUT2D eigenvalue weighted by atomic mass is 16.5. The van der Waals surface area contributed by atoms with Gasteiger partial charge in [-0.05, 0) is 29.8 Å². The fraction of sp³-hybridized carbons (Fsp3) is 0.200. The molecule has 1 amide bonds. The van der Waals surface area contributed by atoms with E-state index >= 15 is 0 Å². The van der Waals surface area contributed by atoms with Gasteiger partial charge in [-0.1, -0.05) is 30.3 Å². The van der Waals surface area contributed by atoms with E-state index < -0.39 is 6.09 Å². The zero-order valence-electron chi connectivity index (χ0n) is 14.5. The van der Waals surface area contributed by atoms with Crippen molar-refractivity contribution in [3.63, 3.8) is 0 Å². The van der Waals surface area contributed by atoms with Crippen LogP contribution in [-0.4, -0.2) is 34.2 Å². The minimum atomic E-state index is -0.964. The van der Waals surface area contributed by atoms with Gasteiger partial charge in [0.25, 0.3) is 0 Å². The Hall–Kier alpha value is -3.28.